The highest BCUT2D eigenvalue weighted by Crippen LogP contribution is 2.05. The van der Waals surface area contributed by atoms with Gasteiger partial charge >= 0.3 is 11.7 Å². The van der Waals surface area contributed by atoms with E-state index in [1.54, 1.807) is 24.3 Å². The molecular weight excluding hydrogens is 194 g/mol. The second-order valence-corrected chi connectivity index (χ2v) is 2.84. The summed E-state index contributed by atoms with van der Waals surface area (Å²) in [5.74, 6) is -0.682. The molecule has 5 heteroatoms. The molecule has 15 heavy (non-hydrogen) atoms. The Bertz CT molecular complexity index is 405. The van der Waals surface area contributed by atoms with E-state index < -0.39 is 5.97 Å². The molecule has 0 unspecified atom stereocenters. The first-order valence-corrected chi connectivity index (χ1v) is 4.32. The molecule has 0 saturated heterocycles. The number of ether oxygens (including phenoxy) is 1. The van der Waals surface area contributed by atoms with Gasteiger partial charge in [0.1, 0.15) is 0 Å². The van der Waals surface area contributed by atoms with Crippen LogP contribution in [0, 0.1) is 0 Å². The molecule has 1 rings (SSSR count). The Morgan fingerprint density at radius 2 is 2.07 bits per heavy atom. The second kappa shape index (κ2) is 5.05. The molecule has 5 nitrogen and oxygen atoms in total. The van der Waals surface area contributed by atoms with Gasteiger partial charge in [0.25, 0.3) is 0 Å². The van der Waals surface area contributed by atoms with Crippen molar-refractivity contribution < 1.29 is 14.3 Å². The van der Waals surface area contributed by atoms with Crippen molar-refractivity contribution in [2.45, 2.75) is 6.54 Å². The zero-order chi connectivity index (χ0) is 11.3. The number of hydrogen-bond donors (Lipinski definition) is 1. The quantitative estimate of drug-likeness (QED) is 0.334. The van der Waals surface area contributed by atoms with E-state index in [-0.39, 0.29) is 5.71 Å². The van der Waals surface area contributed by atoms with Gasteiger partial charge in [-0.25, -0.2) is 4.79 Å². The Morgan fingerprint density at radius 1 is 1.47 bits per heavy atom. The van der Waals surface area contributed by atoms with Gasteiger partial charge in [0.2, 0.25) is 0 Å². The fourth-order valence-electron chi connectivity index (χ4n) is 1.11. The van der Waals surface area contributed by atoms with Crippen molar-refractivity contribution in [3.63, 3.8) is 0 Å². The summed E-state index contributed by atoms with van der Waals surface area (Å²) in [7, 11) is 1.22. The summed E-state index contributed by atoms with van der Waals surface area (Å²) in [5, 5.41) is 0. The normalized spacial score (nSPS) is 9.20. The summed E-state index contributed by atoms with van der Waals surface area (Å²) in [4.78, 5) is 14.1. The van der Waals surface area contributed by atoms with Crippen LogP contribution >= 0.6 is 0 Å². The molecule has 0 fully saturated rings. The molecule has 0 saturated carbocycles. The third-order valence-electron chi connectivity index (χ3n) is 1.94. The van der Waals surface area contributed by atoms with Crippen LogP contribution in [0.25, 0.3) is 5.53 Å². The summed E-state index contributed by atoms with van der Waals surface area (Å²) in [6, 6.07) is 6.80. The molecule has 0 aliphatic heterocycles. The van der Waals surface area contributed by atoms with E-state index in [4.69, 9.17) is 11.3 Å². The number of nitrogens with two attached hydrogens (primary N) is 1. The predicted octanol–water partition coefficient (Wildman–Crippen LogP) is 0.337. The van der Waals surface area contributed by atoms with Crippen LogP contribution in [-0.2, 0) is 16.1 Å². The van der Waals surface area contributed by atoms with Gasteiger partial charge in [0.05, 0.1) is 12.7 Å². The number of benzene rings is 1. The summed E-state index contributed by atoms with van der Waals surface area (Å²) >= 11 is 0. The molecule has 0 aliphatic rings. The lowest BCUT2D eigenvalue weighted by molar-refractivity contribution is -0.137. The maximum absolute atomic E-state index is 11.2. The van der Waals surface area contributed by atoms with Gasteiger partial charge in [-0.3, -0.25) is 0 Å². The van der Waals surface area contributed by atoms with Crippen LogP contribution in [0.15, 0.2) is 24.3 Å². The highest BCUT2D eigenvalue weighted by Gasteiger charge is 2.22. The molecule has 0 aliphatic carbocycles. The number of methoxy groups -OCH3 is 1. The van der Waals surface area contributed by atoms with E-state index >= 15 is 0 Å². The fraction of sp³-hybridized carbons (Fsp3) is 0.200. The zero-order valence-corrected chi connectivity index (χ0v) is 8.30. The average Bonchev–Trinajstić information content (AvgIpc) is 2.30. The monoisotopic (exact) mass is 205 g/mol. The Kier molecular flexibility index (Phi) is 3.74. The van der Waals surface area contributed by atoms with Gasteiger partial charge < -0.3 is 16.0 Å². The molecule has 0 spiro atoms. The van der Waals surface area contributed by atoms with Crippen LogP contribution in [0.2, 0.25) is 0 Å². The minimum atomic E-state index is -0.682. The van der Waals surface area contributed by atoms with E-state index in [0.29, 0.717) is 12.1 Å². The molecular formula is C10H11N3O2. The lowest BCUT2D eigenvalue weighted by Gasteiger charge is -1.97. The minimum absolute atomic E-state index is 0.124. The number of nitrogens with zero attached hydrogens (tertiary/aromatic N) is 2. The van der Waals surface area contributed by atoms with Gasteiger partial charge in [-0.2, -0.15) is 4.79 Å². The molecule has 0 aromatic heterocycles. The van der Waals surface area contributed by atoms with Crippen LogP contribution < -0.4 is 5.73 Å². The summed E-state index contributed by atoms with van der Waals surface area (Å²) in [6.07, 6.45) is 0. The number of hydrogen-bond acceptors (Lipinski definition) is 3. The molecule has 1 aromatic carbocycles. The van der Waals surface area contributed by atoms with Gasteiger partial charge in [-0.15, -0.1) is 0 Å². The van der Waals surface area contributed by atoms with Gasteiger partial charge in [-0.05, 0) is 17.7 Å². The Balaban J connectivity index is 3.04. The summed E-state index contributed by atoms with van der Waals surface area (Å²) in [5.41, 5.74) is 15.4. The molecule has 0 heterocycles. The van der Waals surface area contributed by atoms with E-state index in [0.717, 1.165) is 5.56 Å². The SMILES string of the molecule is COC(=O)C(=[N+]=[N-])c1ccc(CN)cc1. The number of carbonyl (C=O) groups is 1. The third-order valence-corrected chi connectivity index (χ3v) is 1.94. The smallest absolute Gasteiger partial charge is 0.422 e. The number of esters is 1. The van der Waals surface area contributed by atoms with Crippen molar-refractivity contribution in [3.8, 4) is 0 Å². The number of carbonyl (C=O) groups excluding carboxylic acids is 1. The van der Waals surface area contributed by atoms with Crippen molar-refractivity contribution in [2.75, 3.05) is 7.11 Å². The molecule has 0 bridgehead atoms. The molecule has 0 atom stereocenters. The van der Waals surface area contributed by atoms with Crippen LogP contribution in [0.1, 0.15) is 11.1 Å². The third kappa shape index (κ3) is 2.49. The van der Waals surface area contributed by atoms with E-state index in [1.807, 2.05) is 0 Å². The van der Waals surface area contributed by atoms with Gasteiger partial charge in [0, 0.05) is 6.54 Å². The van der Waals surface area contributed by atoms with Crippen LogP contribution in [0.4, 0.5) is 0 Å². The van der Waals surface area contributed by atoms with Gasteiger partial charge in [-0.1, -0.05) is 12.1 Å². The van der Waals surface area contributed by atoms with Crippen LogP contribution in [0.3, 0.4) is 0 Å². The highest BCUT2D eigenvalue weighted by atomic mass is 16.5. The van der Waals surface area contributed by atoms with E-state index in [1.165, 1.54) is 7.11 Å². The first kappa shape index (κ1) is 11.1. The van der Waals surface area contributed by atoms with Crippen molar-refractivity contribution in [1.29, 1.82) is 0 Å². The molecule has 1 aromatic rings. The lowest BCUT2D eigenvalue weighted by atomic mass is 10.1. The fourth-order valence-corrected chi connectivity index (χ4v) is 1.11. The predicted molar refractivity (Wildman–Crippen MR) is 54.1 cm³/mol. The first-order chi connectivity index (χ1) is 7.22. The first-order valence-electron chi connectivity index (χ1n) is 4.32. The van der Waals surface area contributed by atoms with Crippen LogP contribution in [0.5, 0.6) is 0 Å². The van der Waals surface area contributed by atoms with E-state index in [2.05, 4.69) is 9.53 Å². The van der Waals surface area contributed by atoms with Gasteiger partial charge in [0.15, 0.2) is 0 Å². The van der Waals surface area contributed by atoms with Crippen molar-refractivity contribution in [2.24, 2.45) is 5.73 Å². The Morgan fingerprint density at radius 3 is 2.47 bits per heavy atom. The standard InChI is InChI=1S/C10H11N3O2/c1-15-10(14)9(13-12)8-4-2-7(6-11)3-5-8/h2-5H,6,11H2,1H3. The van der Waals surface area contributed by atoms with E-state index in [9.17, 15) is 4.79 Å². The zero-order valence-electron chi connectivity index (χ0n) is 8.30. The molecule has 78 valence electrons. The van der Waals surface area contributed by atoms with Crippen molar-refractivity contribution in [1.82, 2.24) is 0 Å². The molecule has 0 radical (unpaired) electrons. The van der Waals surface area contributed by atoms with Crippen LogP contribution in [-0.4, -0.2) is 23.6 Å². The minimum Gasteiger partial charge on any atom is -0.460 e. The number of rotatable bonds is 3. The molecule has 0 amide bonds. The second-order valence-electron chi connectivity index (χ2n) is 2.84. The maximum atomic E-state index is 11.2. The Hall–Kier alpha value is -1.97. The van der Waals surface area contributed by atoms with Crippen molar-refractivity contribution >= 4 is 11.7 Å². The summed E-state index contributed by atoms with van der Waals surface area (Å²) in [6.45, 7) is 0.421. The maximum Gasteiger partial charge on any atom is 0.422 e. The average molecular weight is 205 g/mol. The lowest BCUT2D eigenvalue weighted by Crippen LogP contribution is -2.18. The highest BCUT2D eigenvalue weighted by molar-refractivity contribution is 6.40. The molecule has 2 N–H and O–H groups in total. The largest absolute Gasteiger partial charge is 0.460 e. The van der Waals surface area contributed by atoms with Crippen molar-refractivity contribution in [3.05, 3.63) is 40.9 Å². The topological polar surface area (TPSA) is 88.7 Å². The summed E-state index contributed by atoms with van der Waals surface area (Å²) < 4.78 is 4.46. The Labute approximate surface area is 87.1 Å².